The van der Waals surface area contributed by atoms with Gasteiger partial charge in [-0.3, -0.25) is 0 Å². The third kappa shape index (κ3) is 12700. The van der Waals surface area contributed by atoms with E-state index in [1.165, 1.54) is 13.8 Å². The van der Waals surface area contributed by atoms with Crippen molar-refractivity contribution in [2.75, 3.05) is 0 Å². The number of halogens is 2. The van der Waals surface area contributed by atoms with Crippen LogP contribution in [0.1, 0.15) is 13.8 Å². The summed E-state index contributed by atoms with van der Waals surface area (Å²) in [7, 11) is 9.63. The third-order valence-corrected chi connectivity index (χ3v) is 0. The Morgan fingerprint density at radius 3 is 1.10 bits per heavy atom. The second-order valence-corrected chi connectivity index (χ2v) is 2.85. The van der Waals surface area contributed by atoms with Gasteiger partial charge in [0, 0.05) is 13.8 Å². The zero-order valence-electron chi connectivity index (χ0n) is 5.67. The molecule has 3 nitrogen and oxygen atoms in total. The van der Waals surface area contributed by atoms with Crippen LogP contribution < -0.4 is 6.15 Å². The summed E-state index contributed by atoms with van der Waals surface area (Å²) in [5.41, 5.74) is 0. The molecule has 0 amide bonds. The summed E-state index contributed by atoms with van der Waals surface area (Å²) in [6.07, 6.45) is 0. The van der Waals surface area contributed by atoms with E-state index in [0.29, 0.717) is 0 Å². The van der Waals surface area contributed by atoms with Crippen molar-refractivity contribution in [1.82, 2.24) is 6.15 Å². The fraction of sp³-hybridized carbons (Fsp3) is 0.500. The topological polar surface area (TPSA) is 82.6 Å². The molecule has 0 saturated carbocycles. The molecule has 0 rings (SSSR count). The summed E-state index contributed by atoms with van der Waals surface area (Å²) in [6.45, 7) is 2.86. The van der Waals surface area contributed by atoms with Crippen molar-refractivity contribution < 1.29 is 15.9 Å². The summed E-state index contributed by atoms with van der Waals surface area (Å²) in [4.78, 5) is 0. The monoisotopic (exact) mass is 275 g/mol. The summed E-state index contributed by atoms with van der Waals surface area (Å²) in [5.74, 6) is 0. The number of nitriles is 2. The number of nitrogens with zero attached hydrogens (tertiary/aromatic N) is 2. The van der Waals surface area contributed by atoms with Crippen molar-refractivity contribution in [3.05, 3.63) is 0 Å². The van der Waals surface area contributed by atoms with Crippen molar-refractivity contribution >= 4 is 19.1 Å². The quantitative estimate of drug-likeness (QED) is 0.690. The molecule has 0 aromatic heterocycles. The van der Waals surface area contributed by atoms with Gasteiger partial charge in [0.05, 0.1) is 12.1 Å². The molecule has 0 radical (unpaired) electrons. The van der Waals surface area contributed by atoms with E-state index in [0.717, 1.165) is 0 Å². The summed E-state index contributed by atoms with van der Waals surface area (Å²) >= 11 is -0.106. The molecule has 0 aliphatic heterocycles. The zero-order valence-corrected chi connectivity index (χ0v) is 8.74. The number of hydrogen-bond donors (Lipinski definition) is 1. The molecule has 6 heteroatoms. The minimum atomic E-state index is -0.106. The number of hydrogen-bond acceptors (Lipinski definition) is 3. The molecule has 0 fully saturated rings. The SMILES string of the molecule is CC#N.CC#N.N.[Cl][Pd][Cl]. The van der Waals surface area contributed by atoms with Gasteiger partial charge in [0.15, 0.2) is 0 Å². The van der Waals surface area contributed by atoms with Gasteiger partial charge in [-0.05, 0) is 0 Å². The van der Waals surface area contributed by atoms with Gasteiger partial charge in [-0.2, -0.15) is 10.5 Å². The molecule has 10 heavy (non-hydrogen) atoms. The summed E-state index contributed by atoms with van der Waals surface area (Å²) < 4.78 is 0. The molecule has 0 saturated heterocycles. The van der Waals surface area contributed by atoms with Crippen LogP contribution >= 0.6 is 19.1 Å². The van der Waals surface area contributed by atoms with E-state index in [9.17, 15) is 0 Å². The van der Waals surface area contributed by atoms with E-state index >= 15 is 0 Å². The molecule has 0 heterocycles. The molecule has 64 valence electrons. The predicted molar refractivity (Wildman–Crippen MR) is 39.3 cm³/mol. The van der Waals surface area contributed by atoms with Crippen molar-refractivity contribution in [1.29, 1.82) is 10.5 Å². The normalized spacial score (nSPS) is 3.80. The molecule has 0 aliphatic carbocycles. The van der Waals surface area contributed by atoms with Gasteiger partial charge < -0.3 is 6.15 Å². The van der Waals surface area contributed by atoms with E-state index < -0.39 is 0 Å². The van der Waals surface area contributed by atoms with E-state index in [1.807, 2.05) is 0 Å². The van der Waals surface area contributed by atoms with Crippen LogP contribution in [0.15, 0.2) is 0 Å². The molecule has 0 atom stereocenters. The van der Waals surface area contributed by atoms with Crippen LogP contribution in [0.2, 0.25) is 0 Å². The third-order valence-electron chi connectivity index (χ3n) is 0. The molecule has 0 aromatic rings. The molecule has 0 spiro atoms. The second-order valence-electron chi connectivity index (χ2n) is 0.492. The van der Waals surface area contributed by atoms with E-state index in [1.54, 1.807) is 12.1 Å². The van der Waals surface area contributed by atoms with Crippen molar-refractivity contribution in [2.45, 2.75) is 13.8 Å². The van der Waals surface area contributed by atoms with Gasteiger partial charge in [0.1, 0.15) is 0 Å². The average Bonchev–Trinajstić information content (AvgIpc) is 1.70. The standard InChI is InChI=1S/2C2H3N.2ClH.H3N.Pd/c2*1-2-3;;;;/h2*1H3;2*1H;1H3;/q;;;;;+2/p-2. The maximum absolute atomic E-state index is 7.32. The van der Waals surface area contributed by atoms with Gasteiger partial charge >= 0.3 is 35.0 Å². The summed E-state index contributed by atoms with van der Waals surface area (Å²) in [5, 5.41) is 14.6. The first-order valence-electron chi connectivity index (χ1n) is 1.69. The zero-order chi connectivity index (χ0) is 8.12. The van der Waals surface area contributed by atoms with Gasteiger partial charge in [-0.1, -0.05) is 0 Å². The van der Waals surface area contributed by atoms with E-state index in [2.05, 4.69) is 0 Å². The summed E-state index contributed by atoms with van der Waals surface area (Å²) in [6, 6.07) is 3.50. The maximum atomic E-state index is 7.32. The van der Waals surface area contributed by atoms with Crippen molar-refractivity contribution in [2.24, 2.45) is 0 Å². The first-order valence-corrected chi connectivity index (χ1v) is 5.69. The van der Waals surface area contributed by atoms with Gasteiger partial charge in [-0.25, -0.2) is 0 Å². The fourth-order valence-electron chi connectivity index (χ4n) is 0. The Bertz CT molecular complexity index is 83.7. The molecular formula is C4H9Cl2N3Pd. The molecule has 3 N–H and O–H groups in total. The van der Waals surface area contributed by atoms with E-state index in [-0.39, 0.29) is 22.1 Å². The van der Waals surface area contributed by atoms with E-state index in [4.69, 9.17) is 29.6 Å². The first kappa shape index (κ1) is 22.5. The Hall–Kier alpha value is 0.182. The van der Waals surface area contributed by atoms with Crippen LogP contribution in [0.5, 0.6) is 0 Å². The predicted octanol–water partition coefficient (Wildman–Crippen LogP) is 2.60. The minimum absolute atomic E-state index is 0. The molecule has 0 aliphatic rings. The van der Waals surface area contributed by atoms with Crippen molar-refractivity contribution in [3.63, 3.8) is 0 Å². The molecule has 0 aromatic carbocycles. The van der Waals surface area contributed by atoms with Crippen LogP contribution in [0.4, 0.5) is 0 Å². The van der Waals surface area contributed by atoms with Crippen LogP contribution in [-0.2, 0) is 15.9 Å². The van der Waals surface area contributed by atoms with Crippen LogP contribution in [0, 0.1) is 22.7 Å². The van der Waals surface area contributed by atoms with Crippen molar-refractivity contribution in [3.8, 4) is 12.1 Å². The number of rotatable bonds is 0. The first-order chi connectivity index (χ1) is 4.24. The van der Waals surface area contributed by atoms with Gasteiger partial charge in [-0.15, -0.1) is 0 Å². The van der Waals surface area contributed by atoms with Crippen LogP contribution in [0.3, 0.4) is 0 Å². The molecular weight excluding hydrogens is 267 g/mol. The molecule has 0 unspecified atom stereocenters. The van der Waals surface area contributed by atoms with Gasteiger partial charge in [0.25, 0.3) is 0 Å². The van der Waals surface area contributed by atoms with Crippen LogP contribution in [-0.4, -0.2) is 0 Å². The Labute approximate surface area is 77.6 Å². The Morgan fingerprint density at radius 2 is 1.10 bits per heavy atom. The fourth-order valence-corrected chi connectivity index (χ4v) is 0. The average molecular weight is 276 g/mol. The Balaban J connectivity index is -0.0000000257. The second kappa shape index (κ2) is 60.7. The Morgan fingerprint density at radius 1 is 1.10 bits per heavy atom. The van der Waals surface area contributed by atoms with Gasteiger partial charge in [0.2, 0.25) is 0 Å². The Kier molecular flexibility index (Phi) is 136. The van der Waals surface area contributed by atoms with Crippen LogP contribution in [0.25, 0.3) is 0 Å². The molecule has 0 bridgehead atoms.